The van der Waals surface area contributed by atoms with Crippen LogP contribution in [0, 0.1) is 13.8 Å². The second kappa shape index (κ2) is 10.9. The zero-order valence-electron chi connectivity index (χ0n) is 21.4. The molecule has 0 aliphatic rings. The predicted molar refractivity (Wildman–Crippen MR) is 152 cm³/mol. The summed E-state index contributed by atoms with van der Waals surface area (Å²) in [6.45, 7) is 3.78. The molecule has 11 heteroatoms. The topological polar surface area (TPSA) is 131 Å². The number of fused-ring (bicyclic) bond motifs is 1. The van der Waals surface area contributed by atoms with Crippen molar-refractivity contribution in [3.05, 3.63) is 112 Å². The van der Waals surface area contributed by atoms with E-state index in [-0.39, 0.29) is 27.9 Å². The average Bonchev–Trinajstić information content (AvgIpc) is 3.28. The van der Waals surface area contributed by atoms with Crippen LogP contribution >= 0.6 is 11.6 Å². The van der Waals surface area contributed by atoms with E-state index in [2.05, 4.69) is 20.6 Å². The Balaban J connectivity index is 1.46. The number of nitrogens with one attached hydrogen (secondary N) is 2. The second-order valence-electron chi connectivity index (χ2n) is 9.17. The number of anilines is 2. The maximum absolute atomic E-state index is 13.4. The quantitative estimate of drug-likeness (QED) is 0.229. The number of carbonyl (C=O) groups excluding carboxylic acids is 2. The zero-order valence-corrected chi connectivity index (χ0v) is 23.0. The van der Waals surface area contributed by atoms with Crippen molar-refractivity contribution in [2.75, 3.05) is 10.6 Å². The summed E-state index contributed by atoms with van der Waals surface area (Å²) in [6.07, 6.45) is 1.06. The minimum Gasteiger partial charge on any atom is -0.449 e. The van der Waals surface area contributed by atoms with Crippen LogP contribution in [0.5, 0.6) is 0 Å². The van der Waals surface area contributed by atoms with Crippen LogP contribution in [0.2, 0.25) is 5.02 Å². The van der Waals surface area contributed by atoms with Crippen LogP contribution in [0.1, 0.15) is 37.7 Å². The number of nitrogens with zero attached hydrogens (tertiary/aromatic N) is 2. The highest BCUT2D eigenvalue weighted by atomic mass is 35.5. The Bertz CT molecular complexity index is 1870. The van der Waals surface area contributed by atoms with Gasteiger partial charge in [-0.25, -0.2) is 18.4 Å². The van der Waals surface area contributed by atoms with Gasteiger partial charge in [-0.3, -0.25) is 9.59 Å². The first-order chi connectivity index (χ1) is 19.1. The van der Waals surface area contributed by atoms with Gasteiger partial charge < -0.3 is 15.1 Å². The fourth-order valence-electron chi connectivity index (χ4n) is 4.07. The highest BCUT2D eigenvalue weighted by Crippen LogP contribution is 2.32. The molecule has 202 valence electrons. The fourth-order valence-corrected chi connectivity index (χ4v) is 5.44. The van der Waals surface area contributed by atoms with Crippen LogP contribution in [0.4, 0.5) is 11.4 Å². The number of halogens is 1. The zero-order chi connectivity index (χ0) is 28.4. The number of furan rings is 1. The molecule has 3 aromatic carbocycles. The van der Waals surface area contributed by atoms with E-state index in [1.165, 1.54) is 0 Å². The molecule has 40 heavy (non-hydrogen) atoms. The van der Waals surface area contributed by atoms with Crippen LogP contribution in [0.15, 0.2) is 88.6 Å². The van der Waals surface area contributed by atoms with Crippen molar-refractivity contribution in [2.24, 2.45) is 0 Å². The lowest BCUT2D eigenvalue weighted by Gasteiger charge is -2.09. The number of hydrogen-bond donors (Lipinski definition) is 2. The first-order valence-electron chi connectivity index (χ1n) is 12.1. The molecule has 0 fully saturated rings. The van der Waals surface area contributed by atoms with Crippen molar-refractivity contribution in [1.29, 1.82) is 0 Å². The molecule has 0 atom stereocenters. The summed E-state index contributed by atoms with van der Waals surface area (Å²) in [5.41, 5.74) is 3.10. The molecule has 0 saturated heterocycles. The molecule has 0 spiro atoms. The van der Waals surface area contributed by atoms with Crippen LogP contribution in [-0.2, 0) is 15.6 Å². The number of aryl methyl sites for hydroxylation is 2. The monoisotopic (exact) mass is 574 g/mol. The van der Waals surface area contributed by atoms with Crippen LogP contribution < -0.4 is 10.6 Å². The summed E-state index contributed by atoms with van der Waals surface area (Å²) in [4.78, 5) is 34.4. The summed E-state index contributed by atoms with van der Waals surface area (Å²) in [5.74, 6) is -1.93. The Hall–Kier alpha value is -4.54. The molecule has 2 aromatic heterocycles. The van der Waals surface area contributed by atoms with Gasteiger partial charge in [0.05, 0.1) is 17.0 Å². The van der Waals surface area contributed by atoms with Gasteiger partial charge in [-0.15, -0.1) is 0 Å². The van der Waals surface area contributed by atoms with E-state index < -0.39 is 26.8 Å². The highest BCUT2D eigenvalue weighted by molar-refractivity contribution is 7.90. The van der Waals surface area contributed by atoms with Gasteiger partial charge in [0.15, 0.2) is 5.69 Å². The summed E-state index contributed by atoms with van der Waals surface area (Å²) in [7, 11) is -4.00. The number of para-hydroxylation sites is 1. The molecular formula is C29H23ClN4O5S. The van der Waals surface area contributed by atoms with Crippen molar-refractivity contribution in [2.45, 2.75) is 24.8 Å². The summed E-state index contributed by atoms with van der Waals surface area (Å²) in [5, 5.41) is 5.15. The minimum atomic E-state index is -4.00. The van der Waals surface area contributed by atoms with E-state index in [0.29, 0.717) is 22.2 Å². The first kappa shape index (κ1) is 27.0. The molecule has 0 aliphatic carbocycles. The Morgan fingerprint density at radius 1 is 0.900 bits per heavy atom. The van der Waals surface area contributed by atoms with E-state index in [1.807, 2.05) is 32.0 Å². The van der Waals surface area contributed by atoms with E-state index in [4.69, 9.17) is 16.0 Å². The molecular weight excluding hydrogens is 552 g/mol. The molecule has 5 rings (SSSR count). The van der Waals surface area contributed by atoms with E-state index in [1.54, 1.807) is 54.6 Å². The largest absolute Gasteiger partial charge is 0.449 e. The number of rotatable bonds is 7. The standard InChI is InChI=1S/C29H23ClN4O5S/c1-17-10-12-20(13-11-17)32-28(36)26-24(21-8-3-4-9-23(21)39-26)33-27(35)25-22(30)15-31-29(34-25)40(37,38)16-19-7-5-6-18(2)14-19/h3-15H,16H2,1-2H3,(H,32,36)(H,33,35). The molecule has 0 radical (unpaired) electrons. The lowest BCUT2D eigenvalue weighted by atomic mass is 10.2. The van der Waals surface area contributed by atoms with Gasteiger partial charge in [0.25, 0.3) is 11.8 Å². The summed E-state index contributed by atoms with van der Waals surface area (Å²) >= 11 is 6.22. The van der Waals surface area contributed by atoms with Crippen LogP contribution in [-0.4, -0.2) is 30.2 Å². The Kier molecular flexibility index (Phi) is 7.38. The molecule has 2 heterocycles. The fraction of sp³-hybridized carbons (Fsp3) is 0.103. The maximum Gasteiger partial charge on any atom is 0.293 e. The SMILES string of the molecule is Cc1ccc(NC(=O)c2oc3ccccc3c2NC(=O)c2nc(S(=O)(=O)Cc3cccc(C)c3)ncc2Cl)cc1. The van der Waals surface area contributed by atoms with E-state index >= 15 is 0 Å². The molecule has 5 aromatic rings. The van der Waals surface area contributed by atoms with Gasteiger partial charge in [-0.05, 0) is 43.7 Å². The Morgan fingerprint density at radius 3 is 2.40 bits per heavy atom. The third-order valence-electron chi connectivity index (χ3n) is 6.00. The number of amides is 2. The predicted octanol–water partition coefficient (Wildman–Crippen LogP) is 5.97. The summed E-state index contributed by atoms with van der Waals surface area (Å²) < 4.78 is 31.9. The molecule has 2 amide bonds. The highest BCUT2D eigenvalue weighted by Gasteiger charge is 2.27. The normalized spacial score (nSPS) is 11.4. The third-order valence-corrected chi connectivity index (χ3v) is 7.75. The lowest BCUT2D eigenvalue weighted by Crippen LogP contribution is -2.20. The number of benzene rings is 3. The van der Waals surface area contributed by atoms with Gasteiger partial charge in [0, 0.05) is 11.1 Å². The molecule has 0 aliphatic heterocycles. The van der Waals surface area contributed by atoms with Gasteiger partial charge in [-0.1, -0.05) is 71.3 Å². The minimum absolute atomic E-state index is 0.0871. The second-order valence-corrected chi connectivity index (χ2v) is 11.5. The Labute approximate surface area is 235 Å². The average molecular weight is 575 g/mol. The third kappa shape index (κ3) is 5.73. The molecule has 0 saturated carbocycles. The van der Waals surface area contributed by atoms with E-state index in [0.717, 1.165) is 17.3 Å². The van der Waals surface area contributed by atoms with E-state index in [9.17, 15) is 18.0 Å². The van der Waals surface area contributed by atoms with Crippen molar-refractivity contribution in [3.8, 4) is 0 Å². The van der Waals surface area contributed by atoms with Crippen molar-refractivity contribution < 1.29 is 22.4 Å². The van der Waals surface area contributed by atoms with Gasteiger partial charge in [0.1, 0.15) is 11.3 Å². The summed E-state index contributed by atoms with van der Waals surface area (Å²) in [6, 6.07) is 21.0. The number of sulfone groups is 1. The smallest absolute Gasteiger partial charge is 0.293 e. The van der Waals surface area contributed by atoms with Gasteiger partial charge in [0.2, 0.25) is 20.8 Å². The molecule has 0 bridgehead atoms. The van der Waals surface area contributed by atoms with Crippen molar-refractivity contribution in [1.82, 2.24) is 9.97 Å². The maximum atomic E-state index is 13.4. The first-order valence-corrected chi connectivity index (χ1v) is 14.2. The van der Waals surface area contributed by atoms with Crippen molar-refractivity contribution >= 4 is 55.6 Å². The number of aromatic nitrogens is 2. The van der Waals surface area contributed by atoms with Crippen LogP contribution in [0.25, 0.3) is 11.0 Å². The van der Waals surface area contributed by atoms with Gasteiger partial charge in [-0.2, -0.15) is 0 Å². The molecule has 9 nitrogen and oxygen atoms in total. The molecule has 2 N–H and O–H groups in total. The van der Waals surface area contributed by atoms with Gasteiger partial charge >= 0.3 is 0 Å². The number of hydrogen-bond acceptors (Lipinski definition) is 7. The Morgan fingerprint density at radius 2 is 1.65 bits per heavy atom. The lowest BCUT2D eigenvalue weighted by molar-refractivity contribution is 0.0999. The molecule has 0 unspecified atom stereocenters. The van der Waals surface area contributed by atoms with Crippen molar-refractivity contribution in [3.63, 3.8) is 0 Å². The van der Waals surface area contributed by atoms with Crippen LogP contribution in [0.3, 0.4) is 0 Å². The number of carbonyl (C=O) groups is 2.